The van der Waals surface area contributed by atoms with E-state index in [1.54, 1.807) is 30.1 Å². The van der Waals surface area contributed by atoms with Gasteiger partial charge in [0.25, 0.3) is 5.56 Å². The van der Waals surface area contributed by atoms with Crippen molar-refractivity contribution in [3.05, 3.63) is 45.6 Å². The van der Waals surface area contributed by atoms with Gasteiger partial charge >= 0.3 is 5.69 Å². The minimum absolute atomic E-state index is 0.228. The van der Waals surface area contributed by atoms with Crippen LogP contribution < -0.4 is 16.1 Å². The second-order valence-corrected chi connectivity index (χ2v) is 7.27. The molecule has 0 radical (unpaired) electrons. The molecule has 0 aromatic carbocycles. The lowest BCUT2D eigenvalue weighted by Crippen LogP contribution is -2.49. The van der Waals surface area contributed by atoms with Gasteiger partial charge in [0.15, 0.2) is 11.2 Å². The minimum Gasteiger partial charge on any atom is -0.390 e. The summed E-state index contributed by atoms with van der Waals surface area (Å²) in [6, 6.07) is 1.79. The highest BCUT2D eigenvalue weighted by Gasteiger charge is 2.22. The maximum absolute atomic E-state index is 12.5. The van der Waals surface area contributed by atoms with Gasteiger partial charge in [0.1, 0.15) is 0 Å². The molecular formula is C18H24N8O3. The van der Waals surface area contributed by atoms with Gasteiger partial charge in [-0.2, -0.15) is 0 Å². The fourth-order valence-electron chi connectivity index (χ4n) is 3.70. The normalized spacial score (nSPS) is 16.4. The maximum Gasteiger partial charge on any atom is 0.332 e. The Kier molecular flexibility index (Phi) is 5.16. The number of nitrogens with zero attached hydrogens (tertiary/aromatic N) is 8. The second kappa shape index (κ2) is 7.76. The van der Waals surface area contributed by atoms with Crippen molar-refractivity contribution in [1.82, 2.24) is 33.6 Å². The Hall–Kier alpha value is -3.05. The molecule has 1 aliphatic rings. The standard InChI is InChI=1S/C18H24N8O3/c1-22-15-14(16(28)23(2)18(22)29)26(12-21-15)11-13(27)10-24-6-8-25(9-7-24)17-19-4-3-5-20-17/h3-5,12-13,27H,6-11H2,1-2H3/t13-/m0/s1. The number of hydrogen-bond acceptors (Lipinski definition) is 8. The summed E-state index contributed by atoms with van der Waals surface area (Å²) in [4.78, 5) is 41.6. The van der Waals surface area contributed by atoms with Crippen molar-refractivity contribution in [2.24, 2.45) is 14.1 Å². The Morgan fingerprint density at radius 2 is 1.69 bits per heavy atom. The number of imidazole rings is 1. The van der Waals surface area contributed by atoms with Gasteiger partial charge < -0.3 is 14.6 Å². The number of aliphatic hydroxyl groups is 1. The Bertz CT molecular complexity index is 1110. The average Bonchev–Trinajstić information content (AvgIpc) is 3.15. The number of hydrogen-bond donors (Lipinski definition) is 1. The van der Waals surface area contributed by atoms with Crippen LogP contribution in [-0.4, -0.2) is 77.5 Å². The van der Waals surface area contributed by atoms with Gasteiger partial charge in [-0.05, 0) is 6.07 Å². The van der Waals surface area contributed by atoms with E-state index in [1.165, 1.54) is 17.9 Å². The van der Waals surface area contributed by atoms with Crippen molar-refractivity contribution in [2.75, 3.05) is 37.6 Å². The van der Waals surface area contributed by atoms with Crippen molar-refractivity contribution in [3.8, 4) is 0 Å². The maximum atomic E-state index is 12.5. The number of aromatic nitrogens is 6. The number of aryl methyl sites for hydroxylation is 1. The third-order valence-electron chi connectivity index (χ3n) is 5.30. The summed E-state index contributed by atoms with van der Waals surface area (Å²) >= 11 is 0. The zero-order chi connectivity index (χ0) is 20.5. The van der Waals surface area contributed by atoms with E-state index in [9.17, 15) is 14.7 Å². The quantitative estimate of drug-likeness (QED) is 0.545. The third kappa shape index (κ3) is 3.66. The Morgan fingerprint density at radius 1 is 1.00 bits per heavy atom. The fourth-order valence-corrected chi connectivity index (χ4v) is 3.70. The number of anilines is 1. The molecule has 1 fully saturated rings. The number of rotatable bonds is 5. The smallest absolute Gasteiger partial charge is 0.332 e. The molecule has 29 heavy (non-hydrogen) atoms. The molecule has 3 aromatic rings. The van der Waals surface area contributed by atoms with Gasteiger partial charge in [-0.25, -0.2) is 19.7 Å². The molecule has 4 heterocycles. The molecule has 0 saturated carbocycles. The molecule has 1 saturated heterocycles. The summed E-state index contributed by atoms with van der Waals surface area (Å²) in [5.41, 5.74) is -0.195. The van der Waals surface area contributed by atoms with Crippen LogP contribution in [0.1, 0.15) is 0 Å². The Labute approximate surface area is 166 Å². The monoisotopic (exact) mass is 400 g/mol. The first-order valence-corrected chi connectivity index (χ1v) is 9.49. The topological polar surface area (TPSA) is 114 Å². The number of fused-ring (bicyclic) bond motifs is 1. The van der Waals surface area contributed by atoms with Crippen LogP contribution in [-0.2, 0) is 20.6 Å². The SMILES string of the molecule is Cn1c(=O)c2c(ncn2C[C@@H](O)CN2CCN(c3ncccn3)CC2)n(C)c1=O. The largest absolute Gasteiger partial charge is 0.390 e. The highest BCUT2D eigenvalue weighted by molar-refractivity contribution is 5.69. The number of piperazine rings is 1. The van der Waals surface area contributed by atoms with Crippen LogP contribution in [0.2, 0.25) is 0 Å². The summed E-state index contributed by atoms with van der Waals surface area (Å²) in [5.74, 6) is 0.721. The molecule has 0 unspecified atom stereocenters. The fraction of sp³-hybridized carbons (Fsp3) is 0.500. The first-order chi connectivity index (χ1) is 14.0. The number of β-amino-alcohol motifs (C(OH)–C–C–N with tert-alkyl or cyclic N) is 1. The van der Waals surface area contributed by atoms with Gasteiger partial charge in [-0.3, -0.25) is 18.8 Å². The van der Waals surface area contributed by atoms with E-state index in [4.69, 9.17) is 0 Å². The third-order valence-corrected chi connectivity index (χ3v) is 5.30. The predicted octanol–water partition coefficient (Wildman–Crippen LogP) is -1.59. The summed E-state index contributed by atoms with van der Waals surface area (Å²) in [7, 11) is 3.02. The van der Waals surface area contributed by atoms with Crippen molar-refractivity contribution in [2.45, 2.75) is 12.6 Å². The Balaban J connectivity index is 1.42. The van der Waals surface area contributed by atoms with E-state index in [1.807, 2.05) is 0 Å². The lowest BCUT2D eigenvalue weighted by molar-refractivity contribution is 0.0957. The van der Waals surface area contributed by atoms with Crippen LogP contribution in [0.3, 0.4) is 0 Å². The van der Waals surface area contributed by atoms with Crippen molar-refractivity contribution < 1.29 is 5.11 Å². The number of aliphatic hydroxyl groups excluding tert-OH is 1. The van der Waals surface area contributed by atoms with Crippen LogP contribution in [0.15, 0.2) is 34.4 Å². The van der Waals surface area contributed by atoms with Gasteiger partial charge in [-0.1, -0.05) is 0 Å². The first-order valence-electron chi connectivity index (χ1n) is 9.49. The second-order valence-electron chi connectivity index (χ2n) is 7.27. The first kappa shape index (κ1) is 19.3. The summed E-state index contributed by atoms with van der Waals surface area (Å²) in [5, 5.41) is 10.6. The van der Waals surface area contributed by atoms with E-state index < -0.39 is 17.4 Å². The van der Waals surface area contributed by atoms with E-state index in [0.29, 0.717) is 17.7 Å². The molecular weight excluding hydrogens is 376 g/mol. The Morgan fingerprint density at radius 3 is 2.38 bits per heavy atom. The van der Waals surface area contributed by atoms with E-state index in [0.717, 1.165) is 36.7 Å². The lowest BCUT2D eigenvalue weighted by Gasteiger charge is -2.35. The zero-order valence-corrected chi connectivity index (χ0v) is 16.5. The molecule has 1 atom stereocenters. The molecule has 0 bridgehead atoms. The molecule has 1 aliphatic heterocycles. The van der Waals surface area contributed by atoms with Crippen LogP contribution in [0, 0.1) is 0 Å². The van der Waals surface area contributed by atoms with Crippen LogP contribution >= 0.6 is 0 Å². The molecule has 0 amide bonds. The highest BCUT2D eigenvalue weighted by atomic mass is 16.3. The highest BCUT2D eigenvalue weighted by Crippen LogP contribution is 2.11. The molecule has 11 nitrogen and oxygen atoms in total. The molecule has 4 rings (SSSR count). The molecule has 11 heteroatoms. The summed E-state index contributed by atoms with van der Waals surface area (Å²) in [6.45, 7) is 3.86. The van der Waals surface area contributed by atoms with E-state index in [2.05, 4.69) is 24.8 Å². The molecule has 1 N–H and O–H groups in total. The predicted molar refractivity (Wildman–Crippen MR) is 107 cm³/mol. The van der Waals surface area contributed by atoms with Gasteiger partial charge in [0.05, 0.1) is 19.0 Å². The molecule has 3 aromatic heterocycles. The zero-order valence-electron chi connectivity index (χ0n) is 16.5. The van der Waals surface area contributed by atoms with Crippen LogP contribution in [0.25, 0.3) is 11.2 Å². The van der Waals surface area contributed by atoms with Gasteiger partial charge in [-0.15, -0.1) is 0 Å². The summed E-state index contributed by atoms with van der Waals surface area (Å²) < 4.78 is 4.01. The van der Waals surface area contributed by atoms with Crippen molar-refractivity contribution >= 4 is 17.1 Å². The van der Waals surface area contributed by atoms with E-state index >= 15 is 0 Å². The van der Waals surface area contributed by atoms with Crippen molar-refractivity contribution in [1.29, 1.82) is 0 Å². The van der Waals surface area contributed by atoms with Crippen molar-refractivity contribution in [3.63, 3.8) is 0 Å². The minimum atomic E-state index is -0.672. The van der Waals surface area contributed by atoms with Gasteiger partial charge in [0, 0.05) is 59.2 Å². The summed E-state index contributed by atoms with van der Waals surface area (Å²) in [6.07, 6.45) is 4.29. The average molecular weight is 400 g/mol. The lowest BCUT2D eigenvalue weighted by atomic mass is 10.2. The van der Waals surface area contributed by atoms with E-state index in [-0.39, 0.29) is 6.54 Å². The van der Waals surface area contributed by atoms with Crippen LogP contribution in [0.5, 0.6) is 0 Å². The molecule has 0 spiro atoms. The molecule has 154 valence electrons. The van der Waals surface area contributed by atoms with Gasteiger partial charge in [0.2, 0.25) is 5.95 Å². The molecule has 0 aliphatic carbocycles. The van der Waals surface area contributed by atoms with Crippen LogP contribution in [0.4, 0.5) is 5.95 Å².